The Kier molecular flexibility index (Phi) is 8.38. The average molecular weight is 333 g/mol. The third-order valence-electron chi connectivity index (χ3n) is 3.84. The van der Waals surface area contributed by atoms with Crippen LogP contribution >= 0.6 is 12.4 Å². The van der Waals surface area contributed by atoms with Crippen LogP contribution in [0.15, 0.2) is 60.7 Å². The Balaban J connectivity index is 0.00000264. The monoisotopic (exact) mass is 332 g/mol. The molecular weight excluding hydrogens is 308 g/mol. The number of hydrogen-bond acceptors (Lipinski definition) is 2. The first kappa shape index (κ1) is 19.2. The second-order valence-electron chi connectivity index (χ2n) is 5.72. The number of nitrogens with two attached hydrogens (primary N) is 1. The summed E-state index contributed by atoms with van der Waals surface area (Å²) in [7, 11) is 0. The summed E-state index contributed by atoms with van der Waals surface area (Å²) in [4.78, 5) is 12.3. The van der Waals surface area contributed by atoms with Gasteiger partial charge in [0.2, 0.25) is 5.91 Å². The van der Waals surface area contributed by atoms with Crippen LogP contribution in [0.25, 0.3) is 0 Å². The van der Waals surface area contributed by atoms with E-state index in [0.29, 0.717) is 25.4 Å². The van der Waals surface area contributed by atoms with Crippen LogP contribution in [0.2, 0.25) is 0 Å². The van der Waals surface area contributed by atoms with E-state index in [2.05, 4.69) is 29.6 Å². The minimum atomic E-state index is 0. The number of benzene rings is 2. The van der Waals surface area contributed by atoms with Gasteiger partial charge in [-0.2, -0.15) is 0 Å². The number of carbonyl (C=O) groups excluding carboxylic acids is 1. The van der Waals surface area contributed by atoms with Gasteiger partial charge in [0, 0.05) is 18.9 Å². The number of carbonyl (C=O) groups is 1. The van der Waals surface area contributed by atoms with Crippen molar-refractivity contribution in [3.8, 4) is 0 Å². The maximum atomic E-state index is 12.3. The fraction of sp³-hybridized carbons (Fsp3) is 0.316. The zero-order chi connectivity index (χ0) is 15.8. The van der Waals surface area contributed by atoms with E-state index in [1.54, 1.807) is 0 Å². The minimum absolute atomic E-state index is 0. The van der Waals surface area contributed by atoms with Crippen molar-refractivity contribution in [2.24, 2.45) is 11.7 Å². The van der Waals surface area contributed by atoms with Gasteiger partial charge in [0.25, 0.3) is 0 Å². The molecule has 0 saturated carbocycles. The quantitative estimate of drug-likeness (QED) is 0.817. The van der Waals surface area contributed by atoms with Crippen molar-refractivity contribution >= 4 is 18.3 Å². The summed E-state index contributed by atoms with van der Waals surface area (Å²) in [6.45, 7) is 3.25. The molecule has 1 unspecified atom stereocenters. The second kappa shape index (κ2) is 10.0. The highest BCUT2D eigenvalue weighted by atomic mass is 35.5. The van der Waals surface area contributed by atoms with E-state index < -0.39 is 0 Å². The zero-order valence-electron chi connectivity index (χ0n) is 13.4. The molecule has 0 radical (unpaired) electrons. The number of halogens is 1. The summed E-state index contributed by atoms with van der Waals surface area (Å²) in [5.41, 5.74) is 7.92. The zero-order valence-corrected chi connectivity index (χ0v) is 14.3. The van der Waals surface area contributed by atoms with E-state index in [4.69, 9.17) is 5.73 Å². The van der Waals surface area contributed by atoms with E-state index in [9.17, 15) is 4.79 Å². The van der Waals surface area contributed by atoms with Gasteiger partial charge < -0.3 is 11.1 Å². The number of amides is 1. The molecule has 0 aliphatic carbocycles. The Morgan fingerprint density at radius 1 is 1.00 bits per heavy atom. The molecule has 0 saturated heterocycles. The normalized spacial score (nSPS) is 11.6. The van der Waals surface area contributed by atoms with Crippen molar-refractivity contribution in [3.63, 3.8) is 0 Å². The van der Waals surface area contributed by atoms with Gasteiger partial charge in [-0.05, 0) is 23.6 Å². The number of hydrogen-bond donors (Lipinski definition) is 2. The smallest absolute Gasteiger partial charge is 0.220 e. The summed E-state index contributed by atoms with van der Waals surface area (Å²) < 4.78 is 0. The van der Waals surface area contributed by atoms with E-state index in [1.807, 2.05) is 43.3 Å². The molecule has 2 aromatic rings. The Morgan fingerprint density at radius 3 is 1.91 bits per heavy atom. The first-order valence-corrected chi connectivity index (χ1v) is 7.77. The lowest BCUT2D eigenvalue weighted by Gasteiger charge is -2.18. The lowest BCUT2D eigenvalue weighted by atomic mass is 9.88. The maximum Gasteiger partial charge on any atom is 0.220 e. The molecule has 3 N–H and O–H groups in total. The molecule has 23 heavy (non-hydrogen) atoms. The summed E-state index contributed by atoms with van der Waals surface area (Å²) in [5.74, 6) is 0.449. The maximum absolute atomic E-state index is 12.3. The van der Waals surface area contributed by atoms with Crippen molar-refractivity contribution in [3.05, 3.63) is 71.8 Å². The number of rotatable bonds is 7. The Hall–Kier alpha value is -1.84. The summed E-state index contributed by atoms with van der Waals surface area (Å²) in [6.07, 6.45) is 0.450. The molecule has 2 aromatic carbocycles. The van der Waals surface area contributed by atoms with Crippen LogP contribution in [-0.4, -0.2) is 19.0 Å². The molecule has 3 nitrogen and oxygen atoms in total. The predicted octanol–water partition coefficient (Wildman–Crippen LogP) is 3.34. The lowest BCUT2D eigenvalue weighted by Crippen LogP contribution is -2.32. The van der Waals surface area contributed by atoms with E-state index in [1.165, 1.54) is 0 Å². The van der Waals surface area contributed by atoms with E-state index in [-0.39, 0.29) is 24.2 Å². The van der Waals surface area contributed by atoms with Gasteiger partial charge in [0.15, 0.2) is 0 Å². The fourth-order valence-electron chi connectivity index (χ4n) is 2.43. The standard InChI is InChI=1S/C19H24N2O.ClH/c1-15(13-20)14-21-19(22)12-18(16-8-4-2-5-9-16)17-10-6-3-7-11-17;/h2-11,15,18H,12-14,20H2,1H3,(H,21,22);1H. The second-order valence-corrected chi connectivity index (χ2v) is 5.72. The van der Waals surface area contributed by atoms with Gasteiger partial charge in [-0.3, -0.25) is 4.79 Å². The molecule has 2 rings (SSSR count). The Labute approximate surface area is 144 Å². The van der Waals surface area contributed by atoms with Crippen molar-refractivity contribution in [1.29, 1.82) is 0 Å². The van der Waals surface area contributed by atoms with Crippen LogP contribution in [0.4, 0.5) is 0 Å². The first-order chi connectivity index (χ1) is 10.7. The van der Waals surface area contributed by atoms with Gasteiger partial charge in [-0.15, -0.1) is 12.4 Å². The summed E-state index contributed by atoms with van der Waals surface area (Å²) in [6, 6.07) is 20.4. The van der Waals surface area contributed by atoms with Gasteiger partial charge in [0.05, 0.1) is 0 Å². The molecule has 4 heteroatoms. The SMILES string of the molecule is CC(CN)CNC(=O)CC(c1ccccc1)c1ccccc1.Cl. The Morgan fingerprint density at radius 2 is 1.48 bits per heavy atom. The van der Waals surface area contributed by atoms with Crippen molar-refractivity contribution in [2.75, 3.05) is 13.1 Å². The van der Waals surface area contributed by atoms with Crippen LogP contribution in [-0.2, 0) is 4.79 Å². The Bertz CT molecular complexity index is 535. The molecule has 0 heterocycles. The van der Waals surface area contributed by atoms with Crippen molar-refractivity contribution in [2.45, 2.75) is 19.3 Å². The molecule has 0 aliphatic heterocycles. The van der Waals surface area contributed by atoms with E-state index >= 15 is 0 Å². The lowest BCUT2D eigenvalue weighted by molar-refractivity contribution is -0.121. The number of nitrogens with one attached hydrogen (secondary N) is 1. The van der Waals surface area contributed by atoms with Gasteiger partial charge >= 0.3 is 0 Å². The van der Waals surface area contributed by atoms with Crippen molar-refractivity contribution in [1.82, 2.24) is 5.32 Å². The van der Waals surface area contributed by atoms with Crippen LogP contribution in [0.5, 0.6) is 0 Å². The highest BCUT2D eigenvalue weighted by Crippen LogP contribution is 2.27. The van der Waals surface area contributed by atoms with E-state index in [0.717, 1.165) is 11.1 Å². The van der Waals surface area contributed by atoms with Crippen molar-refractivity contribution < 1.29 is 4.79 Å². The molecule has 1 atom stereocenters. The molecule has 0 spiro atoms. The molecule has 0 bridgehead atoms. The molecule has 0 fully saturated rings. The fourth-order valence-corrected chi connectivity index (χ4v) is 2.43. The van der Waals surface area contributed by atoms with Gasteiger partial charge in [-0.25, -0.2) is 0 Å². The summed E-state index contributed by atoms with van der Waals surface area (Å²) >= 11 is 0. The highest BCUT2D eigenvalue weighted by Gasteiger charge is 2.18. The average Bonchev–Trinajstić information content (AvgIpc) is 2.59. The summed E-state index contributed by atoms with van der Waals surface area (Å²) in [5, 5.41) is 2.98. The van der Waals surface area contributed by atoms with Gasteiger partial charge in [0.1, 0.15) is 0 Å². The third-order valence-corrected chi connectivity index (χ3v) is 3.84. The van der Waals surface area contributed by atoms with Crippen LogP contribution in [0, 0.1) is 5.92 Å². The first-order valence-electron chi connectivity index (χ1n) is 7.77. The van der Waals surface area contributed by atoms with Crippen LogP contribution in [0.3, 0.4) is 0 Å². The predicted molar refractivity (Wildman–Crippen MR) is 97.8 cm³/mol. The molecule has 1 amide bonds. The minimum Gasteiger partial charge on any atom is -0.356 e. The van der Waals surface area contributed by atoms with Crippen LogP contribution in [0.1, 0.15) is 30.4 Å². The third kappa shape index (κ3) is 6.05. The topological polar surface area (TPSA) is 55.1 Å². The highest BCUT2D eigenvalue weighted by molar-refractivity contribution is 5.85. The van der Waals surface area contributed by atoms with Gasteiger partial charge in [-0.1, -0.05) is 67.6 Å². The van der Waals surface area contributed by atoms with Crippen LogP contribution < -0.4 is 11.1 Å². The molecular formula is C19H25ClN2O. The molecule has 124 valence electrons. The molecule has 0 aliphatic rings. The largest absolute Gasteiger partial charge is 0.356 e. The molecule has 0 aromatic heterocycles.